The quantitative estimate of drug-likeness (QED) is 0.879. The molecule has 0 spiro atoms. The Balaban J connectivity index is 2.31. The van der Waals surface area contributed by atoms with Crippen LogP contribution < -0.4 is 5.32 Å². The van der Waals surface area contributed by atoms with Crippen LogP contribution in [0.1, 0.15) is 35.7 Å². The Labute approximate surface area is 123 Å². The van der Waals surface area contributed by atoms with E-state index in [9.17, 15) is 13.2 Å². The molecule has 0 radical (unpaired) electrons. The molecule has 4 nitrogen and oxygen atoms in total. The van der Waals surface area contributed by atoms with Crippen LogP contribution in [0.3, 0.4) is 0 Å². The van der Waals surface area contributed by atoms with Gasteiger partial charge in [-0.05, 0) is 35.7 Å². The topological polar surface area (TPSA) is 63.2 Å². The summed E-state index contributed by atoms with van der Waals surface area (Å²) in [4.78, 5) is 12.5. The van der Waals surface area contributed by atoms with Crippen LogP contribution in [-0.2, 0) is 9.84 Å². The summed E-state index contributed by atoms with van der Waals surface area (Å²) in [6, 6.07) is 11.4. The first kappa shape index (κ1) is 13.8. The minimum atomic E-state index is -3.70. The zero-order valence-corrected chi connectivity index (χ0v) is 12.6. The van der Waals surface area contributed by atoms with E-state index in [1.807, 2.05) is 13.8 Å². The van der Waals surface area contributed by atoms with Crippen molar-refractivity contribution in [2.24, 2.45) is 0 Å². The van der Waals surface area contributed by atoms with Crippen molar-refractivity contribution in [3.05, 3.63) is 53.6 Å². The molecule has 1 heterocycles. The number of carbonyl (C=O) groups is 1. The van der Waals surface area contributed by atoms with Crippen molar-refractivity contribution in [2.75, 3.05) is 5.32 Å². The van der Waals surface area contributed by atoms with Crippen molar-refractivity contribution in [1.82, 2.24) is 0 Å². The van der Waals surface area contributed by atoms with Gasteiger partial charge in [0.25, 0.3) is 5.91 Å². The van der Waals surface area contributed by atoms with Crippen molar-refractivity contribution in [3.63, 3.8) is 0 Å². The second kappa shape index (κ2) is 4.70. The van der Waals surface area contributed by atoms with E-state index < -0.39 is 15.7 Å². The molecule has 0 atom stereocenters. The Morgan fingerprint density at radius 3 is 2.43 bits per heavy atom. The van der Waals surface area contributed by atoms with Crippen molar-refractivity contribution >= 4 is 21.4 Å². The van der Waals surface area contributed by atoms with Gasteiger partial charge in [-0.25, -0.2) is 8.42 Å². The Bertz CT molecular complexity index is 838. The zero-order valence-electron chi connectivity index (χ0n) is 11.8. The van der Waals surface area contributed by atoms with Gasteiger partial charge in [-0.2, -0.15) is 0 Å². The molecule has 0 aromatic heterocycles. The van der Waals surface area contributed by atoms with E-state index in [0.29, 0.717) is 5.69 Å². The van der Waals surface area contributed by atoms with E-state index in [0.717, 1.165) is 5.56 Å². The number of hydrogen-bond acceptors (Lipinski definition) is 3. The monoisotopic (exact) mass is 301 g/mol. The van der Waals surface area contributed by atoms with Crippen LogP contribution in [0.25, 0.3) is 0 Å². The van der Waals surface area contributed by atoms with Crippen LogP contribution in [0, 0.1) is 0 Å². The van der Waals surface area contributed by atoms with Crippen LogP contribution in [-0.4, -0.2) is 14.3 Å². The number of amides is 1. The van der Waals surface area contributed by atoms with Gasteiger partial charge in [0.2, 0.25) is 9.84 Å². The summed E-state index contributed by atoms with van der Waals surface area (Å²) in [5.74, 6) is -0.144. The molecule has 0 saturated carbocycles. The van der Waals surface area contributed by atoms with Gasteiger partial charge in [0.15, 0.2) is 0 Å². The number of fused-ring (bicyclic) bond motifs is 2. The summed E-state index contributed by atoms with van der Waals surface area (Å²) in [6.07, 6.45) is 0. The maximum Gasteiger partial charge on any atom is 0.257 e. The average molecular weight is 301 g/mol. The lowest BCUT2D eigenvalue weighted by molar-refractivity contribution is 0.102. The zero-order chi connectivity index (χ0) is 15.2. The molecule has 0 unspecified atom stereocenters. The second-order valence-electron chi connectivity index (χ2n) is 5.36. The molecular weight excluding hydrogens is 286 g/mol. The number of rotatable bonds is 1. The molecule has 1 amide bonds. The van der Waals surface area contributed by atoms with E-state index in [2.05, 4.69) is 5.32 Å². The van der Waals surface area contributed by atoms with Crippen molar-refractivity contribution in [2.45, 2.75) is 29.6 Å². The number of anilines is 1. The molecule has 21 heavy (non-hydrogen) atoms. The molecule has 0 bridgehead atoms. The fourth-order valence-electron chi connectivity index (χ4n) is 2.44. The van der Waals surface area contributed by atoms with Crippen LogP contribution >= 0.6 is 0 Å². The first-order chi connectivity index (χ1) is 9.91. The van der Waals surface area contributed by atoms with Crippen LogP contribution in [0.2, 0.25) is 0 Å². The van der Waals surface area contributed by atoms with E-state index in [4.69, 9.17) is 0 Å². The van der Waals surface area contributed by atoms with E-state index in [1.54, 1.807) is 30.3 Å². The van der Waals surface area contributed by atoms with Gasteiger partial charge >= 0.3 is 0 Å². The molecule has 0 fully saturated rings. The molecule has 0 aliphatic carbocycles. The highest BCUT2D eigenvalue weighted by Crippen LogP contribution is 2.35. The Morgan fingerprint density at radius 1 is 1.00 bits per heavy atom. The summed E-state index contributed by atoms with van der Waals surface area (Å²) in [5, 5.41) is 2.71. The lowest BCUT2D eigenvalue weighted by atomic mass is 10.0. The van der Waals surface area contributed by atoms with Gasteiger partial charge in [0, 0.05) is 0 Å². The molecular formula is C16H15NO3S. The minimum absolute atomic E-state index is 0.0542. The fraction of sp³-hybridized carbons (Fsp3) is 0.188. The van der Waals surface area contributed by atoms with Gasteiger partial charge in [-0.3, -0.25) is 4.79 Å². The molecule has 1 aliphatic rings. The predicted octanol–water partition coefficient (Wildman–Crippen LogP) is 3.21. The Kier molecular flexibility index (Phi) is 3.10. The van der Waals surface area contributed by atoms with E-state index in [-0.39, 0.29) is 21.3 Å². The molecule has 0 saturated heterocycles. The van der Waals surface area contributed by atoms with Gasteiger partial charge in [-0.15, -0.1) is 0 Å². The van der Waals surface area contributed by atoms with Crippen LogP contribution in [0.15, 0.2) is 52.3 Å². The standard InChI is InChI=1S/C16H15NO3S/c1-10(2)11-7-8-15-13(9-11)17-16(18)12-5-3-4-6-14(12)21(15,19)20/h3-10H,1-2H3,(H,17,18). The Hall–Kier alpha value is -2.14. The number of sulfone groups is 1. The van der Waals surface area contributed by atoms with Crippen molar-refractivity contribution < 1.29 is 13.2 Å². The average Bonchev–Trinajstić information content (AvgIpc) is 2.54. The maximum atomic E-state index is 12.7. The number of benzene rings is 2. The van der Waals surface area contributed by atoms with E-state index >= 15 is 0 Å². The number of nitrogens with one attached hydrogen (secondary N) is 1. The van der Waals surface area contributed by atoms with Gasteiger partial charge in [-0.1, -0.05) is 32.0 Å². The predicted molar refractivity (Wildman–Crippen MR) is 80.4 cm³/mol. The smallest absolute Gasteiger partial charge is 0.257 e. The molecule has 1 aliphatic heterocycles. The largest absolute Gasteiger partial charge is 0.321 e. The molecule has 2 aromatic rings. The lowest BCUT2D eigenvalue weighted by Crippen LogP contribution is -2.11. The third-order valence-corrected chi connectivity index (χ3v) is 5.50. The first-order valence-corrected chi connectivity index (χ1v) is 8.19. The minimum Gasteiger partial charge on any atom is -0.321 e. The molecule has 108 valence electrons. The summed E-state index contributed by atoms with van der Waals surface area (Å²) < 4.78 is 25.5. The summed E-state index contributed by atoms with van der Waals surface area (Å²) in [7, 11) is -3.70. The van der Waals surface area contributed by atoms with Gasteiger partial charge in [0.05, 0.1) is 21.0 Å². The lowest BCUT2D eigenvalue weighted by Gasteiger charge is -2.11. The molecule has 5 heteroatoms. The highest BCUT2D eigenvalue weighted by Gasteiger charge is 2.30. The molecule has 3 rings (SSSR count). The van der Waals surface area contributed by atoms with Crippen LogP contribution in [0.4, 0.5) is 5.69 Å². The SMILES string of the molecule is CC(C)c1ccc2c(c1)NC(=O)c1ccccc1S2(=O)=O. The van der Waals surface area contributed by atoms with E-state index in [1.165, 1.54) is 12.1 Å². The third kappa shape index (κ3) is 2.14. The highest BCUT2D eigenvalue weighted by molar-refractivity contribution is 7.91. The Morgan fingerprint density at radius 2 is 1.71 bits per heavy atom. The highest BCUT2D eigenvalue weighted by atomic mass is 32.2. The number of hydrogen-bond donors (Lipinski definition) is 1. The summed E-state index contributed by atoms with van der Waals surface area (Å²) in [5.41, 5.74) is 1.51. The van der Waals surface area contributed by atoms with Crippen molar-refractivity contribution in [3.8, 4) is 0 Å². The maximum absolute atomic E-state index is 12.7. The van der Waals surface area contributed by atoms with Gasteiger partial charge < -0.3 is 5.32 Å². The summed E-state index contributed by atoms with van der Waals surface area (Å²) in [6.45, 7) is 4.03. The molecule has 1 N–H and O–H groups in total. The first-order valence-electron chi connectivity index (χ1n) is 6.70. The van der Waals surface area contributed by atoms with Crippen molar-refractivity contribution in [1.29, 1.82) is 0 Å². The second-order valence-corrected chi connectivity index (χ2v) is 7.25. The van der Waals surface area contributed by atoms with Crippen LogP contribution in [0.5, 0.6) is 0 Å². The fourth-order valence-corrected chi connectivity index (χ4v) is 4.03. The summed E-state index contributed by atoms with van der Waals surface area (Å²) >= 11 is 0. The molecule has 2 aromatic carbocycles. The van der Waals surface area contributed by atoms with Gasteiger partial charge in [0.1, 0.15) is 0 Å². The third-order valence-electron chi connectivity index (χ3n) is 3.63. The number of carbonyl (C=O) groups excluding carboxylic acids is 1. The normalized spacial score (nSPS) is 15.9.